The van der Waals surface area contributed by atoms with Crippen LogP contribution in [0.4, 0.5) is 0 Å². The van der Waals surface area contributed by atoms with Gasteiger partial charge in [0.15, 0.2) is 0 Å². The molecule has 0 amide bonds. The van der Waals surface area contributed by atoms with Crippen molar-refractivity contribution in [3.05, 3.63) is 33.7 Å². The number of thiophene rings is 1. The van der Waals surface area contributed by atoms with Crippen LogP contribution in [-0.4, -0.2) is 11.1 Å². The second-order valence-electron chi connectivity index (χ2n) is 3.08. The van der Waals surface area contributed by atoms with Crippen LogP contribution in [0.2, 0.25) is 5.02 Å². The lowest BCUT2D eigenvalue weighted by atomic mass is 10.2. The number of carboxylic acid groups (broad SMARTS) is 1. The Labute approximate surface area is 89.7 Å². The first-order valence-corrected chi connectivity index (χ1v) is 5.20. The fraction of sp³-hybridized carbons (Fsp3) is 0.100. The van der Waals surface area contributed by atoms with Crippen LogP contribution in [-0.2, 0) is 0 Å². The van der Waals surface area contributed by atoms with Crippen LogP contribution in [0.3, 0.4) is 0 Å². The van der Waals surface area contributed by atoms with E-state index in [-0.39, 0.29) is 0 Å². The number of fused-ring (bicyclic) bond motifs is 1. The highest BCUT2D eigenvalue weighted by Crippen LogP contribution is 2.32. The molecule has 2 rings (SSSR count). The van der Waals surface area contributed by atoms with Gasteiger partial charge in [0.2, 0.25) is 0 Å². The molecule has 0 bridgehead atoms. The van der Waals surface area contributed by atoms with E-state index >= 15 is 0 Å². The summed E-state index contributed by atoms with van der Waals surface area (Å²) in [6, 6.07) is 5.43. The molecule has 0 saturated carbocycles. The van der Waals surface area contributed by atoms with Gasteiger partial charge < -0.3 is 5.11 Å². The van der Waals surface area contributed by atoms with Gasteiger partial charge in [0.25, 0.3) is 0 Å². The molecule has 0 aliphatic heterocycles. The third-order valence-electron chi connectivity index (χ3n) is 1.93. The molecule has 0 aliphatic carbocycles. The number of hydrogen-bond acceptors (Lipinski definition) is 2. The molecule has 1 aromatic heterocycles. The van der Waals surface area contributed by atoms with Crippen LogP contribution in [0.5, 0.6) is 0 Å². The van der Waals surface area contributed by atoms with Crippen LogP contribution in [0.15, 0.2) is 18.2 Å². The molecule has 2 aromatic rings. The first kappa shape index (κ1) is 9.49. The van der Waals surface area contributed by atoms with Gasteiger partial charge in [-0.15, -0.1) is 11.3 Å². The van der Waals surface area contributed by atoms with Crippen LogP contribution < -0.4 is 0 Å². The number of halogens is 1. The number of benzene rings is 1. The van der Waals surface area contributed by atoms with Gasteiger partial charge in [0.05, 0.1) is 9.72 Å². The summed E-state index contributed by atoms with van der Waals surface area (Å²) in [5, 5.41) is 10.3. The molecule has 0 saturated heterocycles. The molecule has 0 atom stereocenters. The number of aryl methyl sites for hydroxylation is 1. The molecular weight excluding hydrogens is 220 g/mol. The molecule has 4 heteroatoms. The summed E-state index contributed by atoms with van der Waals surface area (Å²) in [7, 11) is 0. The normalized spacial score (nSPS) is 10.7. The maximum Gasteiger partial charge on any atom is 0.345 e. The van der Waals surface area contributed by atoms with E-state index < -0.39 is 5.97 Å². The lowest BCUT2D eigenvalue weighted by Crippen LogP contribution is -1.89. The summed E-state index contributed by atoms with van der Waals surface area (Å²) < 4.78 is 0.842. The molecule has 1 heterocycles. The summed E-state index contributed by atoms with van der Waals surface area (Å²) in [5.41, 5.74) is 1.04. The molecule has 72 valence electrons. The molecule has 0 fully saturated rings. The topological polar surface area (TPSA) is 37.3 Å². The number of carboxylic acids is 1. The first-order valence-electron chi connectivity index (χ1n) is 4.01. The van der Waals surface area contributed by atoms with Gasteiger partial charge in [-0.3, -0.25) is 0 Å². The quantitative estimate of drug-likeness (QED) is 0.807. The van der Waals surface area contributed by atoms with E-state index in [9.17, 15) is 4.79 Å². The molecule has 0 spiro atoms. The van der Waals surface area contributed by atoms with Gasteiger partial charge in [-0.25, -0.2) is 4.79 Å². The molecule has 0 unspecified atom stereocenters. The van der Waals surface area contributed by atoms with Crippen LogP contribution >= 0.6 is 22.9 Å². The van der Waals surface area contributed by atoms with Crippen LogP contribution in [0.25, 0.3) is 10.1 Å². The van der Waals surface area contributed by atoms with E-state index in [1.807, 2.05) is 19.1 Å². The van der Waals surface area contributed by atoms with E-state index in [1.165, 1.54) is 11.3 Å². The lowest BCUT2D eigenvalue weighted by Gasteiger charge is -1.95. The van der Waals surface area contributed by atoms with Crippen LogP contribution in [0.1, 0.15) is 15.2 Å². The zero-order valence-corrected chi connectivity index (χ0v) is 8.95. The number of rotatable bonds is 1. The Balaban J connectivity index is 2.76. The number of aromatic carboxylic acids is 1. The first-order chi connectivity index (χ1) is 6.58. The monoisotopic (exact) mass is 226 g/mol. The highest BCUT2D eigenvalue weighted by Gasteiger charge is 2.10. The average molecular weight is 227 g/mol. The van der Waals surface area contributed by atoms with Crippen LogP contribution in [0, 0.1) is 6.92 Å². The predicted molar refractivity (Wildman–Crippen MR) is 58.5 cm³/mol. The summed E-state index contributed by atoms with van der Waals surface area (Å²) in [6.07, 6.45) is 0. The fourth-order valence-corrected chi connectivity index (χ4v) is 2.64. The Hall–Kier alpha value is -1.06. The lowest BCUT2D eigenvalue weighted by molar-refractivity contribution is 0.0702. The van der Waals surface area contributed by atoms with Gasteiger partial charge in [0, 0.05) is 0 Å². The van der Waals surface area contributed by atoms with Gasteiger partial charge in [-0.05, 0) is 30.0 Å². The second-order valence-corrected chi connectivity index (χ2v) is 4.54. The maximum atomic E-state index is 10.7. The van der Waals surface area contributed by atoms with Crippen molar-refractivity contribution in [3.8, 4) is 0 Å². The van der Waals surface area contributed by atoms with Gasteiger partial charge in [-0.1, -0.05) is 17.7 Å². The molecule has 14 heavy (non-hydrogen) atoms. The van der Waals surface area contributed by atoms with Gasteiger partial charge in [-0.2, -0.15) is 0 Å². The smallest absolute Gasteiger partial charge is 0.345 e. The van der Waals surface area contributed by atoms with Crippen molar-refractivity contribution in [1.82, 2.24) is 0 Å². The zero-order valence-electron chi connectivity index (χ0n) is 7.37. The van der Waals surface area contributed by atoms with Crippen molar-refractivity contribution >= 4 is 39.0 Å². The number of hydrogen-bond donors (Lipinski definition) is 1. The fourth-order valence-electron chi connectivity index (χ4n) is 1.36. The zero-order chi connectivity index (χ0) is 10.3. The van der Waals surface area contributed by atoms with Crippen molar-refractivity contribution in [2.45, 2.75) is 6.92 Å². The average Bonchev–Trinajstić information content (AvgIpc) is 2.47. The Bertz CT molecular complexity index is 516. The van der Waals surface area contributed by atoms with E-state index in [4.69, 9.17) is 16.7 Å². The van der Waals surface area contributed by atoms with Gasteiger partial charge >= 0.3 is 5.97 Å². The third-order valence-corrected chi connectivity index (χ3v) is 3.51. The minimum Gasteiger partial charge on any atom is -0.477 e. The van der Waals surface area contributed by atoms with Gasteiger partial charge in [0.1, 0.15) is 4.88 Å². The Morgan fingerprint density at radius 2 is 2.14 bits per heavy atom. The standard InChI is InChI=1S/C10H7ClO2S/c1-5-2-6-4-8(10(12)13)14-9(6)7(11)3-5/h2-4H,1H3,(H,12,13). The van der Waals surface area contributed by atoms with E-state index in [0.717, 1.165) is 15.6 Å². The maximum absolute atomic E-state index is 10.7. The predicted octanol–water partition coefficient (Wildman–Crippen LogP) is 3.56. The van der Waals surface area contributed by atoms with E-state index in [1.54, 1.807) is 6.07 Å². The molecule has 1 aromatic carbocycles. The third kappa shape index (κ3) is 1.49. The molecule has 0 radical (unpaired) electrons. The molecule has 0 aliphatic rings. The minimum absolute atomic E-state index is 0.326. The van der Waals surface area contributed by atoms with E-state index in [2.05, 4.69) is 0 Å². The summed E-state index contributed by atoms with van der Waals surface area (Å²) in [4.78, 5) is 11.1. The van der Waals surface area contributed by atoms with Crippen molar-refractivity contribution < 1.29 is 9.90 Å². The molecule has 2 nitrogen and oxygen atoms in total. The highest BCUT2D eigenvalue weighted by molar-refractivity contribution is 7.21. The Morgan fingerprint density at radius 3 is 2.79 bits per heavy atom. The Kier molecular flexibility index (Phi) is 2.21. The second kappa shape index (κ2) is 3.26. The summed E-state index contributed by atoms with van der Waals surface area (Å²) in [5.74, 6) is -0.903. The Morgan fingerprint density at radius 1 is 1.43 bits per heavy atom. The minimum atomic E-state index is -0.903. The highest BCUT2D eigenvalue weighted by atomic mass is 35.5. The SMILES string of the molecule is Cc1cc(Cl)c2sc(C(=O)O)cc2c1. The molecular formula is C10H7ClO2S. The van der Waals surface area contributed by atoms with Crippen molar-refractivity contribution in [2.24, 2.45) is 0 Å². The summed E-state index contributed by atoms with van der Waals surface area (Å²) >= 11 is 7.21. The molecule has 1 N–H and O–H groups in total. The van der Waals surface area contributed by atoms with E-state index in [0.29, 0.717) is 9.90 Å². The largest absolute Gasteiger partial charge is 0.477 e. The summed E-state index contributed by atoms with van der Waals surface area (Å²) in [6.45, 7) is 1.93. The van der Waals surface area contributed by atoms with Crippen molar-refractivity contribution in [1.29, 1.82) is 0 Å². The van der Waals surface area contributed by atoms with Crippen molar-refractivity contribution in [2.75, 3.05) is 0 Å². The van der Waals surface area contributed by atoms with Crippen molar-refractivity contribution in [3.63, 3.8) is 0 Å². The number of carbonyl (C=O) groups is 1.